The summed E-state index contributed by atoms with van der Waals surface area (Å²) in [7, 11) is 1.51. The zero-order valence-corrected chi connectivity index (χ0v) is 21.1. The molecule has 0 aliphatic carbocycles. The molecule has 1 aliphatic heterocycles. The van der Waals surface area contributed by atoms with Gasteiger partial charge in [-0.15, -0.1) is 0 Å². The lowest BCUT2D eigenvalue weighted by Gasteiger charge is -2.28. The van der Waals surface area contributed by atoms with Gasteiger partial charge in [0.05, 0.1) is 12.5 Å². The Morgan fingerprint density at radius 1 is 1.09 bits per heavy atom. The van der Waals surface area contributed by atoms with Crippen LogP contribution in [0.15, 0.2) is 50.7 Å². The van der Waals surface area contributed by atoms with Gasteiger partial charge in [0.25, 0.3) is 0 Å². The molecule has 3 aromatic rings. The first kappa shape index (κ1) is 24.5. The van der Waals surface area contributed by atoms with Crippen LogP contribution in [0, 0.1) is 0 Å². The van der Waals surface area contributed by atoms with E-state index in [-0.39, 0.29) is 39.2 Å². The highest BCUT2D eigenvalue weighted by atomic mass is 16.5. The molecule has 2 heterocycles. The Morgan fingerprint density at radius 3 is 2.51 bits per heavy atom. The highest BCUT2D eigenvalue weighted by molar-refractivity contribution is 6.01. The van der Waals surface area contributed by atoms with Gasteiger partial charge < -0.3 is 24.1 Å². The standard InChI is InChI=1S/C29H32O6/c1-16(2)8-7-9-17(3)10-11-18-22(33-6)14-20(30)25-26(32)24-19-12-13-29(4,5)35-27(19)21(31)15-23(24)34-28(18)25/h8,10,12-15,30-31H,7,9,11H2,1-6H3/b17-10+. The summed E-state index contributed by atoms with van der Waals surface area (Å²) < 4.78 is 17.6. The summed E-state index contributed by atoms with van der Waals surface area (Å²) in [6, 6.07) is 2.85. The molecule has 0 bridgehead atoms. The van der Waals surface area contributed by atoms with E-state index in [2.05, 4.69) is 32.9 Å². The van der Waals surface area contributed by atoms with Crippen molar-refractivity contribution in [2.45, 2.75) is 59.5 Å². The first-order chi connectivity index (χ1) is 16.5. The SMILES string of the molecule is COc1cc(O)c2c(=O)c3c4c(c(O)cc3oc2c1C/C=C(\C)CCC=C(C)C)OC(C)(C)C=C4. The average Bonchev–Trinajstić information content (AvgIpc) is 2.77. The highest BCUT2D eigenvalue weighted by Gasteiger charge is 2.29. The third-order valence-corrected chi connectivity index (χ3v) is 6.23. The minimum Gasteiger partial charge on any atom is -0.507 e. The maximum absolute atomic E-state index is 13.7. The molecule has 6 heteroatoms. The topological polar surface area (TPSA) is 89.1 Å². The second kappa shape index (κ2) is 9.17. The van der Waals surface area contributed by atoms with Crippen molar-refractivity contribution in [3.8, 4) is 23.0 Å². The number of hydrogen-bond acceptors (Lipinski definition) is 6. The van der Waals surface area contributed by atoms with Crippen LogP contribution >= 0.6 is 0 Å². The highest BCUT2D eigenvalue weighted by Crippen LogP contribution is 2.44. The van der Waals surface area contributed by atoms with Gasteiger partial charge in [-0.25, -0.2) is 0 Å². The molecule has 0 unspecified atom stereocenters. The summed E-state index contributed by atoms with van der Waals surface area (Å²) in [6.07, 6.45) is 10.2. The molecule has 0 radical (unpaired) electrons. The Balaban J connectivity index is 1.92. The number of phenolic OH excluding ortho intramolecular Hbond substituents is 2. The summed E-state index contributed by atoms with van der Waals surface area (Å²) in [5.41, 5.74) is 3.01. The van der Waals surface area contributed by atoms with E-state index in [1.165, 1.54) is 30.4 Å². The van der Waals surface area contributed by atoms with Gasteiger partial charge >= 0.3 is 0 Å². The Labute approximate surface area is 204 Å². The molecule has 0 atom stereocenters. The van der Waals surface area contributed by atoms with Crippen LogP contribution in [0.2, 0.25) is 0 Å². The lowest BCUT2D eigenvalue weighted by Crippen LogP contribution is -2.28. The summed E-state index contributed by atoms with van der Waals surface area (Å²) in [5.74, 6) is 0.317. The molecular weight excluding hydrogens is 444 g/mol. The van der Waals surface area contributed by atoms with Gasteiger partial charge in [0.1, 0.15) is 33.7 Å². The zero-order valence-electron chi connectivity index (χ0n) is 21.1. The number of phenols is 2. The van der Waals surface area contributed by atoms with Crippen molar-refractivity contribution in [3.05, 3.63) is 62.9 Å². The van der Waals surface area contributed by atoms with E-state index in [0.29, 0.717) is 23.3 Å². The average molecular weight is 477 g/mol. The van der Waals surface area contributed by atoms with Crippen molar-refractivity contribution in [2.24, 2.45) is 0 Å². The molecule has 4 rings (SSSR count). The van der Waals surface area contributed by atoms with Crippen molar-refractivity contribution in [2.75, 3.05) is 7.11 Å². The molecular formula is C29H32O6. The third-order valence-electron chi connectivity index (χ3n) is 6.23. The van der Waals surface area contributed by atoms with Crippen molar-refractivity contribution in [1.82, 2.24) is 0 Å². The molecule has 184 valence electrons. The van der Waals surface area contributed by atoms with E-state index in [0.717, 1.165) is 12.8 Å². The quantitative estimate of drug-likeness (QED) is 0.301. The van der Waals surface area contributed by atoms with Crippen molar-refractivity contribution in [3.63, 3.8) is 0 Å². The summed E-state index contributed by atoms with van der Waals surface area (Å²) >= 11 is 0. The number of ether oxygens (including phenoxy) is 2. The van der Waals surface area contributed by atoms with Crippen LogP contribution in [-0.4, -0.2) is 22.9 Å². The van der Waals surface area contributed by atoms with E-state index < -0.39 is 11.0 Å². The molecule has 2 N–H and O–H groups in total. The van der Waals surface area contributed by atoms with Crippen LogP contribution in [0.5, 0.6) is 23.0 Å². The van der Waals surface area contributed by atoms with Gasteiger partial charge in [0.15, 0.2) is 11.5 Å². The van der Waals surface area contributed by atoms with Crippen molar-refractivity contribution < 1.29 is 24.1 Å². The first-order valence-electron chi connectivity index (χ1n) is 11.7. The molecule has 1 aromatic heterocycles. The van der Waals surface area contributed by atoms with E-state index in [1.807, 2.05) is 19.9 Å². The lowest BCUT2D eigenvalue weighted by molar-refractivity contribution is 0.153. The predicted molar refractivity (Wildman–Crippen MR) is 140 cm³/mol. The summed E-state index contributed by atoms with van der Waals surface area (Å²) in [6.45, 7) is 9.95. The van der Waals surface area contributed by atoms with Crippen LogP contribution < -0.4 is 14.9 Å². The number of rotatable bonds is 6. The van der Waals surface area contributed by atoms with Crippen LogP contribution in [0.1, 0.15) is 58.6 Å². The van der Waals surface area contributed by atoms with E-state index in [4.69, 9.17) is 13.9 Å². The number of fused-ring (bicyclic) bond motifs is 4. The van der Waals surface area contributed by atoms with Crippen LogP contribution in [0.4, 0.5) is 0 Å². The van der Waals surface area contributed by atoms with Gasteiger partial charge in [-0.05, 0) is 60.0 Å². The fraction of sp³-hybridized carbons (Fsp3) is 0.345. The minimum absolute atomic E-state index is 0.0787. The Bertz CT molecular complexity index is 1460. The molecule has 0 fully saturated rings. The van der Waals surface area contributed by atoms with Crippen molar-refractivity contribution in [1.29, 1.82) is 0 Å². The molecule has 0 saturated heterocycles. The van der Waals surface area contributed by atoms with Crippen LogP contribution in [0.25, 0.3) is 28.0 Å². The van der Waals surface area contributed by atoms with E-state index in [1.54, 1.807) is 6.08 Å². The zero-order chi connectivity index (χ0) is 25.5. The second-order valence-electron chi connectivity index (χ2n) is 9.84. The van der Waals surface area contributed by atoms with Crippen LogP contribution in [0.3, 0.4) is 0 Å². The number of allylic oxidation sites excluding steroid dienone is 4. The van der Waals surface area contributed by atoms with Gasteiger partial charge in [0.2, 0.25) is 5.43 Å². The number of benzene rings is 2. The fourth-order valence-electron chi connectivity index (χ4n) is 4.38. The van der Waals surface area contributed by atoms with Gasteiger partial charge in [-0.2, -0.15) is 0 Å². The van der Waals surface area contributed by atoms with Gasteiger partial charge in [-0.3, -0.25) is 4.79 Å². The maximum Gasteiger partial charge on any atom is 0.205 e. The molecule has 0 spiro atoms. The predicted octanol–water partition coefficient (Wildman–Crippen LogP) is 6.79. The lowest BCUT2D eigenvalue weighted by atomic mass is 9.96. The molecule has 1 aliphatic rings. The molecule has 0 saturated carbocycles. The third kappa shape index (κ3) is 4.65. The van der Waals surface area contributed by atoms with Gasteiger partial charge in [-0.1, -0.05) is 29.4 Å². The monoisotopic (exact) mass is 476 g/mol. The van der Waals surface area contributed by atoms with Crippen LogP contribution in [-0.2, 0) is 6.42 Å². The number of aromatic hydroxyl groups is 2. The molecule has 6 nitrogen and oxygen atoms in total. The summed E-state index contributed by atoms with van der Waals surface area (Å²) in [5, 5.41) is 21.8. The Morgan fingerprint density at radius 2 is 1.83 bits per heavy atom. The van der Waals surface area contributed by atoms with E-state index in [9.17, 15) is 15.0 Å². The molecule has 35 heavy (non-hydrogen) atoms. The summed E-state index contributed by atoms with van der Waals surface area (Å²) in [4.78, 5) is 13.7. The van der Waals surface area contributed by atoms with Gasteiger partial charge in [0, 0.05) is 23.3 Å². The fourth-order valence-corrected chi connectivity index (χ4v) is 4.38. The normalized spacial score (nSPS) is 14.6. The minimum atomic E-state index is -0.631. The Hall–Kier alpha value is -3.67. The largest absolute Gasteiger partial charge is 0.507 e. The maximum atomic E-state index is 13.7. The molecule has 2 aromatic carbocycles. The smallest absolute Gasteiger partial charge is 0.205 e. The molecule has 0 amide bonds. The van der Waals surface area contributed by atoms with Crippen molar-refractivity contribution >= 4 is 28.0 Å². The number of methoxy groups -OCH3 is 1. The van der Waals surface area contributed by atoms with E-state index >= 15 is 0 Å². The number of hydrogen-bond donors (Lipinski definition) is 2. The first-order valence-corrected chi connectivity index (χ1v) is 11.7. The second-order valence-corrected chi connectivity index (χ2v) is 9.84. The Kier molecular flexibility index (Phi) is 6.41.